The highest BCUT2D eigenvalue weighted by atomic mass is 16.5. The highest BCUT2D eigenvalue weighted by Crippen LogP contribution is 2.29. The van der Waals surface area contributed by atoms with Crippen LogP contribution in [0, 0.1) is 11.8 Å². The fourth-order valence-corrected chi connectivity index (χ4v) is 5.22. The molecule has 3 N–H and O–H groups in total. The molecule has 0 aromatic heterocycles. The minimum Gasteiger partial charge on any atom is -0.460 e. The van der Waals surface area contributed by atoms with Gasteiger partial charge in [-0.1, -0.05) is 108 Å². The number of benzene rings is 2. The van der Waals surface area contributed by atoms with Crippen LogP contribution in [0.2, 0.25) is 0 Å². The number of hydrogen-bond donors (Lipinski definition) is 3. The van der Waals surface area contributed by atoms with Gasteiger partial charge in [0.15, 0.2) is 0 Å². The Labute approximate surface area is 244 Å². The maximum atomic E-state index is 13.9. The van der Waals surface area contributed by atoms with Crippen LogP contribution in [0.15, 0.2) is 60.7 Å². The second-order valence-electron chi connectivity index (χ2n) is 11.2. The molecule has 1 fully saturated rings. The average molecular weight is 564 g/mol. The number of cyclic esters (lactones) is 1. The minimum absolute atomic E-state index is 0.0895. The van der Waals surface area contributed by atoms with E-state index in [1.165, 1.54) is 0 Å². The predicted octanol–water partition coefficient (Wildman–Crippen LogP) is 4.48. The van der Waals surface area contributed by atoms with Crippen LogP contribution >= 0.6 is 0 Å². The summed E-state index contributed by atoms with van der Waals surface area (Å²) in [6.07, 6.45) is 2.52. The van der Waals surface area contributed by atoms with Crippen LogP contribution in [0.3, 0.4) is 0 Å². The number of carbonyl (C=O) groups excluding carboxylic acids is 4. The number of esters is 1. The molecule has 41 heavy (non-hydrogen) atoms. The maximum absolute atomic E-state index is 13.9. The molecule has 3 rings (SSSR count). The van der Waals surface area contributed by atoms with Gasteiger partial charge in [-0.25, -0.2) is 4.79 Å². The van der Waals surface area contributed by atoms with Gasteiger partial charge in [0.2, 0.25) is 17.7 Å². The van der Waals surface area contributed by atoms with E-state index in [1.54, 1.807) is 6.92 Å². The second kappa shape index (κ2) is 15.4. The van der Waals surface area contributed by atoms with Crippen molar-refractivity contribution in [3.05, 3.63) is 71.8 Å². The molecule has 1 unspecified atom stereocenters. The number of amides is 3. The first kappa shape index (κ1) is 31.8. The Morgan fingerprint density at radius 1 is 0.780 bits per heavy atom. The summed E-state index contributed by atoms with van der Waals surface area (Å²) in [5.74, 6) is -2.74. The largest absolute Gasteiger partial charge is 0.460 e. The molecule has 1 aliphatic heterocycles. The van der Waals surface area contributed by atoms with Crippen LogP contribution in [-0.2, 0) is 23.9 Å². The molecule has 0 saturated carbocycles. The van der Waals surface area contributed by atoms with Gasteiger partial charge in [-0.15, -0.1) is 0 Å². The summed E-state index contributed by atoms with van der Waals surface area (Å²) in [6.45, 7) is 9.43. The Morgan fingerprint density at radius 2 is 1.37 bits per heavy atom. The van der Waals surface area contributed by atoms with Gasteiger partial charge in [0.25, 0.3) is 0 Å². The summed E-state index contributed by atoms with van der Waals surface area (Å²) < 4.78 is 5.98. The topological polar surface area (TPSA) is 114 Å². The molecule has 3 amide bonds. The van der Waals surface area contributed by atoms with Gasteiger partial charge in [0.05, 0.1) is 6.42 Å². The minimum atomic E-state index is -1.02. The lowest BCUT2D eigenvalue weighted by molar-refractivity contribution is -0.158. The van der Waals surface area contributed by atoms with E-state index >= 15 is 0 Å². The first-order chi connectivity index (χ1) is 19.7. The zero-order chi connectivity index (χ0) is 29.9. The van der Waals surface area contributed by atoms with Crippen LogP contribution < -0.4 is 16.0 Å². The lowest BCUT2D eigenvalue weighted by Gasteiger charge is -2.30. The van der Waals surface area contributed by atoms with Gasteiger partial charge in [-0.05, 0) is 36.3 Å². The van der Waals surface area contributed by atoms with Crippen molar-refractivity contribution in [1.82, 2.24) is 16.0 Å². The van der Waals surface area contributed by atoms with Crippen molar-refractivity contribution in [2.24, 2.45) is 11.8 Å². The maximum Gasteiger partial charge on any atom is 0.329 e. The fourth-order valence-electron chi connectivity index (χ4n) is 5.22. The summed E-state index contributed by atoms with van der Waals surface area (Å²) in [7, 11) is 0. The van der Waals surface area contributed by atoms with Crippen molar-refractivity contribution < 1.29 is 23.9 Å². The van der Waals surface area contributed by atoms with Crippen LogP contribution in [0.5, 0.6) is 0 Å². The average Bonchev–Trinajstić information content (AvgIpc) is 2.98. The molecule has 8 heteroatoms. The van der Waals surface area contributed by atoms with Gasteiger partial charge in [0.1, 0.15) is 24.2 Å². The van der Waals surface area contributed by atoms with Crippen LogP contribution in [0.25, 0.3) is 0 Å². The molecule has 2 aromatic rings. The highest BCUT2D eigenvalue weighted by Gasteiger charge is 2.38. The lowest BCUT2D eigenvalue weighted by Crippen LogP contribution is -2.56. The third-order valence-corrected chi connectivity index (χ3v) is 8.07. The van der Waals surface area contributed by atoms with Gasteiger partial charge >= 0.3 is 5.97 Å². The van der Waals surface area contributed by atoms with E-state index in [0.717, 1.165) is 30.4 Å². The SMILES string of the molecule is CCCC[C@H](C)[C@@H]1CC(=O)NC(C(c2ccccc2)c2ccccc2)C(=O)N[C@@H](C)C(=O)N[C@H]([C@@H](C)CC)C(=O)O1. The number of carbonyl (C=O) groups is 4. The van der Waals surface area contributed by atoms with E-state index in [9.17, 15) is 19.2 Å². The number of hydrogen-bond acceptors (Lipinski definition) is 5. The monoisotopic (exact) mass is 563 g/mol. The van der Waals surface area contributed by atoms with E-state index in [-0.39, 0.29) is 18.3 Å². The Hall–Kier alpha value is -3.68. The number of rotatable bonds is 9. The molecule has 8 nitrogen and oxygen atoms in total. The number of unbranched alkanes of at least 4 members (excludes halogenated alkanes) is 1. The molecule has 0 spiro atoms. The molecule has 222 valence electrons. The third-order valence-electron chi connectivity index (χ3n) is 8.07. The summed E-state index contributed by atoms with van der Waals surface area (Å²) >= 11 is 0. The van der Waals surface area contributed by atoms with Gasteiger partial charge in [-0.2, -0.15) is 0 Å². The van der Waals surface area contributed by atoms with Crippen molar-refractivity contribution in [1.29, 1.82) is 0 Å². The second-order valence-corrected chi connectivity index (χ2v) is 11.2. The van der Waals surface area contributed by atoms with Crippen molar-refractivity contribution in [2.45, 2.75) is 96.9 Å². The standard InChI is InChI=1S/C33H45N3O5/c1-6-8-15-22(4)26-20-27(37)35-30(28(24-16-11-9-12-17-24)25-18-13-10-14-19-25)32(39)34-23(5)31(38)36-29(21(3)7-2)33(40)41-26/h9-14,16-19,21-23,26,28-30H,6-8,15,20H2,1-5H3,(H,34,39)(H,35,37)(H,36,38)/t21-,22-,23-,26-,29+,30?/m0/s1. The first-order valence-corrected chi connectivity index (χ1v) is 14.9. The summed E-state index contributed by atoms with van der Waals surface area (Å²) in [6, 6.07) is 16.2. The third kappa shape index (κ3) is 8.65. The Kier molecular flexibility index (Phi) is 11.9. The number of ether oxygens (including phenoxy) is 1. The smallest absolute Gasteiger partial charge is 0.329 e. The van der Waals surface area contributed by atoms with Crippen molar-refractivity contribution in [3.8, 4) is 0 Å². The van der Waals surface area contributed by atoms with E-state index in [1.807, 2.05) is 81.4 Å². The summed E-state index contributed by atoms with van der Waals surface area (Å²) in [4.78, 5) is 54.2. The zero-order valence-electron chi connectivity index (χ0n) is 24.9. The highest BCUT2D eigenvalue weighted by molar-refractivity contribution is 5.94. The van der Waals surface area contributed by atoms with Crippen molar-refractivity contribution in [3.63, 3.8) is 0 Å². The quantitative estimate of drug-likeness (QED) is 0.390. The van der Waals surface area contributed by atoms with Crippen molar-refractivity contribution >= 4 is 23.7 Å². The molecule has 0 bridgehead atoms. The molecular formula is C33H45N3O5. The molecule has 0 aliphatic carbocycles. The normalized spacial score (nSPS) is 24.0. The van der Waals surface area contributed by atoms with Crippen LogP contribution in [0.1, 0.15) is 83.8 Å². The van der Waals surface area contributed by atoms with E-state index in [2.05, 4.69) is 22.9 Å². The van der Waals surface area contributed by atoms with E-state index in [0.29, 0.717) is 6.42 Å². The fraction of sp³-hybridized carbons (Fsp3) is 0.515. The molecular weight excluding hydrogens is 518 g/mol. The molecule has 1 aliphatic rings. The van der Waals surface area contributed by atoms with Gasteiger partial charge in [-0.3, -0.25) is 14.4 Å². The van der Waals surface area contributed by atoms with Gasteiger partial charge in [0, 0.05) is 5.92 Å². The van der Waals surface area contributed by atoms with E-state index in [4.69, 9.17) is 4.74 Å². The Balaban J connectivity index is 2.06. The predicted molar refractivity (Wildman–Crippen MR) is 159 cm³/mol. The van der Waals surface area contributed by atoms with Gasteiger partial charge < -0.3 is 20.7 Å². The lowest BCUT2D eigenvalue weighted by atomic mass is 9.84. The molecule has 0 radical (unpaired) electrons. The Morgan fingerprint density at radius 3 is 1.90 bits per heavy atom. The summed E-state index contributed by atoms with van der Waals surface area (Å²) in [5.41, 5.74) is 1.69. The zero-order valence-corrected chi connectivity index (χ0v) is 24.9. The molecule has 1 saturated heterocycles. The molecule has 2 aromatic carbocycles. The van der Waals surface area contributed by atoms with E-state index < -0.39 is 53.8 Å². The van der Waals surface area contributed by atoms with Crippen molar-refractivity contribution in [2.75, 3.05) is 0 Å². The summed E-state index contributed by atoms with van der Waals surface area (Å²) in [5, 5.41) is 8.57. The number of nitrogens with one attached hydrogen (secondary N) is 3. The molecule has 6 atom stereocenters. The first-order valence-electron chi connectivity index (χ1n) is 14.9. The van der Waals surface area contributed by atoms with Crippen LogP contribution in [0.4, 0.5) is 0 Å². The molecule has 1 heterocycles. The van der Waals surface area contributed by atoms with Crippen LogP contribution in [-0.4, -0.2) is 47.9 Å². The Bertz CT molecular complexity index is 1120.